The molecule has 0 aromatic rings. The molecule has 1 saturated carbocycles. The second kappa shape index (κ2) is 25.4. The van der Waals surface area contributed by atoms with Crippen LogP contribution in [0.15, 0.2) is 47.6 Å². The van der Waals surface area contributed by atoms with E-state index in [1.807, 2.05) is 64.3 Å². The summed E-state index contributed by atoms with van der Waals surface area (Å²) in [6, 6.07) is -1.12. The third kappa shape index (κ3) is 14.5. The molecule has 0 spiro atoms. The molecule has 3 N–H and O–H groups in total. The predicted molar refractivity (Wildman–Crippen MR) is 252 cm³/mol. The number of rotatable bonds is 6. The van der Waals surface area contributed by atoms with E-state index in [-0.39, 0.29) is 60.1 Å². The van der Waals surface area contributed by atoms with E-state index in [4.69, 9.17) is 18.9 Å². The number of hydrogen-bond donors (Lipinski definition) is 3. The maximum Gasteiger partial charge on any atom is 0.329 e. The Balaban J connectivity index is 1.70. The summed E-state index contributed by atoms with van der Waals surface area (Å²) in [6.07, 6.45) is 14.4. The van der Waals surface area contributed by atoms with Crippen LogP contribution in [0.3, 0.4) is 0 Å². The van der Waals surface area contributed by atoms with Crippen molar-refractivity contribution < 1.29 is 58.2 Å². The Morgan fingerprint density at radius 3 is 2.29 bits per heavy atom. The van der Waals surface area contributed by atoms with Gasteiger partial charge < -0.3 is 39.2 Å². The van der Waals surface area contributed by atoms with E-state index in [2.05, 4.69) is 0 Å². The van der Waals surface area contributed by atoms with E-state index in [0.717, 1.165) is 12.0 Å². The SMILES string of the molecule is CO[C@@H]1C(=O)[C@H](C)C[C@H](C)/C=C/C=C/C=C(\C)[C@H](SC)C[C@@H]2CC[C@@H](C)[C@@](O)(O2)C(=O)C(=O)N2CCCC[C@H]2C(=O)O[C@@H]([C@H](C)C[C@@H]2CC[C@H](O)[C@H](OC)C2)CC(=O)[C@H](C)/C=C(\C)[C@H]1O. The lowest BCUT2D eigenvalue weighted by atomic mass is 9.78. The van der Waals surface area contributed by atoms with E-state index in [0.29, 0.717) is 63.4 Å². The number of carbonyl (C=O) groups is 5. The van der Waals surface area contributed by atoms with Crippen molar-refractivity contribution in [2.75, 3.05) is 27.0 Å². The monoisotopic (exact) mass is 930 g/mol. The Hall–Kier alpha value is -2.98. The zero-order valence-electron chi connectivity index (χ0n) is 40.6. The van der Waals surface area contributed by atoms with Gasteiger partial charge >= 0.3 is 5.97 Å². The first-order chi connectivity index (χ1) is 30.7. The average Bonchev–Trinajstić information content (AvgIpc) is 3.28. The van der Waals surface area contributed by atoms with E-state index in [1.54, 1.807) is 45.7 Å². The Morgan fingerprint density at radius 1 is 0.892 bits per heavy atom. The fourth-order valence-corrected chi connectivity index (χ4v) is 11.0. The molecule has 1 amide bonds. The molecule has 3 heterocycles. The van der Waals surface area contributed by atoms with Gasteiger partial charge in [0.15, 0.2) is 5.78 Å². The maximum absolute atomic E-state index is 14.4. The first-order valence-corrected chi connectivity index (χ1v) is 25.2. The van der Waals surface area contributed by atoms with Crippen molar-refractivity contribution in [2.45, 2.75) is 179 Å². The number of amides is 1. The lowest BCUT2D eigenvalue weighted by Crippen LogP contribution is -2.60. The first kappa shape index (κ1) is 54.6. The number of ether oxygens (including phenoxy) is 4. The molecule has 14 heteroatoms. The standard InChI is InChI=1S/C51H79NO12S/c1-30-16-12-11-13-17-31(2)44(65-10)28-38-21-19-36(7)51(60,64-38)48(57)49(58)52-23-15-14-18-39(52)50(59)63-42(33(4)26-37-20-22-40(53)43(27-37)61-8)29-41(54)32(3)25-35(6)46(56)47(62-9)45(55)34(5)24-30/h11-13,16-17,25,30,32-34,36-40,42-44,46-47,53,56,60H,14-15,18-24,26-29H2,1-10H3/b13-11+,16-12+,31-17+,35-25+/t30-,32-,33-,34-,36-,37+,38+,39+,40+,42-,43-,44-,46-,47-,51-/m1/s1. The van der Waals surface area contributed by atoms with Gasteiger partial charge in [-0.15, -0.1) is 0 Å². The normalized spacial score (nSPS) is 40.4. The molecule has 2 bridgehead atoms. The van der Waals surface area contributed by atoms with E-state index < -0.39 is 77.8 Å². The van der Waals surface area contributed by atoms with Gasteiger partial charge in [-0.1, -0.05) is 76.6 Å². The Kier molecular flexibility index (Phi) is 21.3. The minimum atomic E-state index is -2.38. The highest BCUT2D eigenvalue weighted by atomic mass is 32.2. The molecule has 4 rings (SSSR count). The molecule has 366 valence electrons. The minimum Gasteiger partial charge on any atom is -0.460 e. The number of methoxy groups -OCH3 is 2. The van der Waals surface area contributed by atoms with Gasteiger partial charge in [-0.3, -0.25) is 19.2 Å². The van der Waals surface area contributed by atoms with Gasteiger partial charge in [-0.2, -0.15) is 11.8 Å². The van der Waals surface area contributed by atoms with Crippen molar-refractivity contribution in [3.8, 4) is 0 Å². The lowest BCUT2D eigenvalue weighted by Gasteiger charge is -2.42. The Bertz CT molecular complexity index is 1760. The number of esters is 1. The van der Waals surface area contributed by atoms with Crippen LogP contribution in [0.4, 0.5) is 0 Å². The molecule has 15 atom stereocenters. The van der Waals surface area contributed by atoms with Crippen LogP contribution < -0.4 is 0 Å². The third-order valence-corrected chi connectivity index (χ3v) is 15.6. The molecule has 4 aliphatic rings. The van der Waals surface area contributed by atoms with E-state index in [1.165, 1.54) is 12.0 Å². The number of thioether (sulfide) groups is 1. The summed E-state index contributed by atoms with van der Waals surface area (Å²) in [7, 11) is 2.96. The molecule has 3 aliphatic heterocycles. The highest BCUT2D eigenvalue weighted by molar-refractivity contribution is 7.99. The second-order valence-electron chi connectivity index (χ2n) is 19.6. The molecular formula is C51H79NO12S. The number of Topliss-reactive ketones (excluding diaryl/α,β-unsaturated/α-hetero) is 3. The van der Waals surface area contributed by atoms with Gasteiger partial charge in [0.2, 0.25) is 5.79 Å². The van der Waals surface area contributed by atoms with Crippen LogP contribution in [0.25, 0.3) is 0 Å². The van der Waals surface area contributed by atoms with Crippen molar-refractivity contribution >= 4 is 41.0 Å². The largest absolute Gasteiger partial charge is 0.460 e. The average molecular weight is 930 g/mol. The summed E-state index contributed by atoms with van der Waals surface area (Å²) >= 11 is 1.63. The summed E-state index contributed by atoms with van der Waals surface area (Å²) in [5, 5.41) is 33.9. The molecule has 1 aliphatic carbocycles. The van der Waals surface area contributed by atoms with Crippen LogP contribution in [0.1, 0.15) is 126 Å². The third-order valence-electron chi connectivity index (χ3n) is 14.5. The number of piperidine rings is 1. The molecule has 2 saturated heterocycles. The minimum absolute atomic E-state index is 0.000885. The Labute approximate surface area is 392 Å². The summed E-state index contributed by atoms with van der Waals surface area (Å²) in [4.78, 5) is 71.9. The van der Waals surface area contributed by atoms with Crippen LogP contribution in [0, 0.1) is 35.5 Å². The van der Waals surface area contributed by atoms with Crippen LogP contribution in [-0.4, -0.2) is 130 Å². The molecule has 0 unspecified atom stereocenters. The van der Waals surface area contributed by atoms with Gasteiger partial charge in [-0.05, 0) is 114 Å². The molecule has 0 aromatic carbocycles. The van der Waals surface area contributed by atoms with Crippen molar-refractivity contribution in [1.82, 2.24) is 4.90 Å². The highest BCUT2D eigenvalue weighted by Crippen LogP contribution is 2.38. The summed E-state index contributed by atoms with van der Waals surface area (Å²) in [5.41, 5.74) is 1.46. The first-order valence-electron chi connectivity index (χ1n) is 23.9. The number of allylic oxidation sites excluding steroid dienone is 6. The number of aliphatic hydroxyl groups is 3. The van der Waals surface area contributed by atoms with Crippen LogP contribution >= 0.6 is 11.8 Å². The Morgan fingerprint density at radius 2 is 1.62 bits per heavy atom. The van der Waals surface area contributed by atoms with E-state index in [9.17, 15) is 39.3 Å². The van der Waals surface area contributed by atoms with Crippen molar-refractivity contribution in [2.24, 2.45) is 35.5 Å². The van der Waals surface area contributed by atoms with E-state index >= 15 is 0 Å². The number of cyclic esters (lactones) is 1. The van der Waals surface area contributed by atoms with Crippen LogP contribution in [-0.2, 0) is 42.9 Å². The second-order valence-corrected chi connectivity index (χ2v) is 20.6. The molecular weight excluding hydrogens is 851 g/mol. The maximum atomic E-state index is 14.4. The number of aliphatic hydroxyl groups excluding tert-OH is 2. The number of nitrogens with zero attached hydrogens (tertiary/aromatic N) is 1. The van der Waals surface area contributed by atoms with Gasteiger partial charge in [0.1, 0.15) is 30.1 Å². The van der Waals surface area contributed by atoms with Crippen molar-refractivity contribution in [3.05, 3.63) is 47.6 Å². The highest BCUT2D eigenvalue weighted by Gasteiger charge is 2.53. The molecule has 13 nitrogen and oxygen atoms in total. The molecule has 65 heavy (non-hydrogen) atoms. The molecule has 0 aromatic heterocycles. The van der Waals surface area contributed by atoms with Crippen molar-refractivity contribution in [3.63, 3.8) is 0 Å². The van der Waals surface area contributed by atoms with Gasteiger partial charge in [-0.25, -0.2) is 4.79 Å². The van der Waals surface area contributed by atoms with Gasteiger partial charge in [0.25, 0.3) is 11.7 Å². The van der Waals surface area contributed by atoms with Gasteiger partial charge in [0.05, 0.1) is 18.3 Å². The zero-order chi connectivity index (χ0) is 48.2. The predicted octanol–water partition coefficient (Wildman–Crippen LogP) is 6.90. The number of fused-ring (bicyclic) bond motifs is 3. The summed E-state index contributed by atoms with van der Waals surface area (Å²) in [6.45, 7) is 12.9. The molecule has 3 fully saturated rings. The smallest absolute Gasteiger partial charge is 0.329 e. The van der Waals surface area contributed by atoms with Crippen molar-refractivity contribution in [1.29, 1.82) is 0 Å². The number of ketones is 3. The fourth-order valence-electron chi connectivity index (χ4n) is 10.1. The lowest BCUT2D eigenvalue weighted by molar-refractivity contribution is -0.263. The number of carbonyl (C=O) groups excluding carboxylic acids is 5. The fraction of sp³-hybridized carbons (Fsp3) is 0.745. The molecule has 0 radical (unpaired) electrons. The topological polar surface area (TPSA) is 186 Å². The van der Waals surface area contributed by atoms with Gasteiger partial charge in [0, 0.05) is 50.2 Å². The van der Waals surface area contributed by atoms with Crippen LogP contribution in [0.2, 0.25) is 0 Å². The number of hydrogen-bond acceptors (Lipinski definition) is 13. The summed E-state index contributed by atoms with van der Waals surface area (Å²) < 4.78 is 23.6. The summed E-state index contributed by atoms with van der Waals surface area (Å²) in [5.74, 6) is -7.73. The quantitative estimate of drug-likeness (QED) is 0.142. The van der Waals surface area contributed by atoms with Crippen LogP contribution in [0.5, 0.6) is 0 Å². The zero-order valence-corrected chi connectivity index (χ0v) is 41.4.